The Balaban J connectivity index is 2.02. The Bertz CT molecular complexity index is 686. The van der Waals surface area contributed by atoms with Gasteiger partial charge in [0.05, 0.1) is 18.5 Å². The van der Waals surface area contributed by atoms with Crippen molar-refractivity contribution in [3.8, 4) is 0 Å². The Morgan fingerprint density at radius 3 is 2.62 bits per heavy atom. The molecular weight excluding hydrogens is 284 g/mol. The molecule has 1 aliphatic heterocycles. The number of amides is 1. The van der Waals surface area contributed by atoms with Crippen LogP contribution >= 0.6 is 11.8 Å². The number of carbonyl (C=O) groups is 1. The molecule has 1 amide bonds. The molecule has 0 aliphatic carbocycles. The Kier molecular flexibility index (Phi) is 3.92. The first-order chi connectivity index (χ1) is 10.3. The van der Waals surface area contributed by atoms with Crippen molar-refractivity contribution in [2.24, 2.45) is 4.99 Å². The smallest absolute Gasteiger partial charge is 0.408 e. The molecule has 2 aromatic rings. The van der Waals surface area contributed by atoms with Gasteiger partial charge in [-0.3, -0.25) is 0 Å². The second kappa shape index (κ2) is 6.01. The lowest BCUT2D eigenvalue weighted by atomic mass is 10.1. The number of hydrogen-bond acceptors (Lipinski definition) is 4. The van der Waals surface area contributed by atoms with Gasteiger partial charge in [-0.15, -0.1) is 0 Å². The van der Waals surface area contributed by atoms with Crippen LogP contribution in [-0.2, 0) is 4.74 Å². The van der Waals surface area contributed by atoms with Crippen molar-refractivity contribution in [1.82, 2.24) is 5.32 Å². The fourth-order valence-corrected chi connectivity index (χ4v) is 3.21. The quantitative estimate of drug-likeness (QED) is 0.921. The minimum atomic E-state index is -0.462. The number of fused-ring (bicyclic) bond motifs is 1. The second-order valence-corrected chi connectivity index (χ2v) is 5.61. The molecule has 2 aromatic carbocycles. The summed E-state index contributed by atoms with van der Waals surface area (Å²) in [5.74, 6) is 0. The van der Waals surface area contributed by atoms with Crippen LogP contribution in [-0.4, -0.2) is 24.3 Å². The zero-order chi connectivity index (χ0) is 14.7. The Hall–Kier alpha value is -2.27. The maximum atomic E-state index is 11.6. The Labute approximate surface area is 127 Å². The molecule has 1 atom stereocenters. The number of benzene rings is 2. The number of ether oxygens (including phenoxy) is 1. The van der Waals surface area contributed by atoms with E-state index in [1.165, 1.54) is 7.11 Å². The zero-order valence-electron chi connectivity index (χ0n) is 11.4. The van der Waals surface area contributed by atoms with Gasteiger partial charge in [-0.1, -0.05) is 54.2 Å². The molecule has 0 unspecified atom stereocenters. The number of thioether (sulfide) groups is 1. The van der Waals surface area contributed by atoms with Crippen molar-refractivity contribution < 1.29 is 9.53 Å². The molecule has 0 saturated heterocycles. The molecule has 1 aliphatic rings. The third-order valence-electron chi connectivity index (χ3n) is 3.10. The van der Waals surface area contributed by atoms with Crippen LogP contribution in [0.25, 0.3) is 0 Å². The van der Waals surface area contributed by atoms with E-state index in [0.29, 0.717) is 0 Å². The lowest BCUT2D eigenvalue weighted by molar-refractivity contribution is 0.172. The van der Waals surface area contributed by atoms with Crippen LogP contribution in [0.2, 0.25) is 0 Å². The molecule has 4 nitrogen and oxygen atoms in total. The predicted molar refractivity (Wildman–Crippen MR) is 84.3 cm³/mol. The van der Waals surface area contributed by atoms with Crippen molar-refractivity contribution >= 4 is 29.3 Å². The fraction of sp³-hybridized carbons (Fsp3) is 0.125. The van der Waals surface area contributed by atoms with E-state index in [2.05, 4.69) is 5.32 Å². The van der Waals surface area contributed by atoms with Crippen LogP contribution < -0.4 is 5.32 Å². The van der Waals surface area contributed by atoms with Crippen LogP contribution in [0.3, 0.4) is 0 Å². The highest BCUT2D eigenvalue weighted by Gasteiger charge is 2.26. The maximum absolute atomic E-state index is 11.6. The first-order valence-electron chi connectivity index (χ1n) is 6.52. The van der Waals surface area contributed by atoms with E-state index in [9.17, 15) is 4.79 Å². The predicted octanol–water partition coefficient (Wildman–Crippen LogP) is 3.60. The van der Waals surface area contributed by atoms with Gasteiger partial charge in [-0.25, -0.2) is 9.79 Å². The third kappa shape index (κ3) is 2.92. The number of nitrogens with one attached hydrogen (secondary N) is 1. The molecule has 0 spiro atoms. The van der Waals surface area contributed by atoms with Gasteiger partial charge in [0, 0.05) is 4.90 Å². The topological polar surface area (TPSA) is 50.7 Å². The van der Waals surface area contributed by atoms with Gasteiger partial charge in [0.1, 0.15) is 5.37 Å². The average Bonchev–Trinajstić information content (AvgIpc) is 2.55. The molecule has 0 fully saturated rings. The van der Waals surface area contributed by atoms with Crippen LogP contribution in [0, 0.1) is 0 Å². The molecule has 3 rings (SSSR count). The van der Waals surface area contributed by atoms with Gasteiger partial charge in [-0.2, -0.15) is 0 Å². The average molecular weight is 298 g/mol. The molecule has 5 heteroatoms. The number of rotatable bonds is 2. The maximum Gasteiger partial charge on any atom is 0.408 e. The summed E-state index contributed by atoms with van der Waals surface area (Å²) in [5.41, 5.74) is 2.73. The molecule has 21 heavy (non-hydrogen) atoms. The summed E-state index contributed by atoms with van der Waals surface area (Å²) in [4.78, 5) is 17.3. The standard InChI is InChI=1S/C16H14N2O2S/c1-20-16(19)18-15-14(11-7-3-2-4-8-11)17-12-9-5-6-10-13(12)21-15/h2-10,15H,1H3,(H,18,19)/t15-/m0/s1. The monoisotopic (exact) mass is 298 g/mol. The SMILES string of the molecule is COC(=O)N[C@H]1Sc2ccccc2N=C1c1ccccc1. The van der Waals surface area contributed by atoms with Gasteiger partial charge in [-0.05, 0) is 17.7 Å². The number of para-hydroxylation sites is 1. The highest BCUT2D eigenvalue weighted by atomic mass is 32.2. The van der Waals surface area contributed by atoms with Gasteiger partial charge < -0.3 is 10.1 Å². The Morgan fingerprint density at radius 1 is 1.14 bits per heavy atom. The molecule has 0 radical (unpaired) electrons. The highest BCUT2D eigenvalue weighted by Crippen LogP contribution is 2.38. The van der Waals surface area contributed by atoms with Crippen molar-refractivity contribution in [3.05, 3.63) is 60.2 Å². The number of aliphatic imine (C=N–C) groups is 1. The van der Waals surface area contributed by atoms with Crippen molar-refractivity contribution in [2.45, 2.75) is 10.3 Å². The number of methoxy groups -OCH3 is 1. The van der Waals surface area contributed by atoms with E-state index in [1.54, 1.807) is 11.8 Å². The van der Waals surface area contributed by atoms with Gasteiger partial charge in [0.15, 0.2) is 0 Å². The molecule has 0 saturated carbocycles. The summed E-state index contributed by atoms with van der Waals surface area (Å²) in [5, 5.41) is 2.56. The molecule has 1 heterocycles. The van der Waals surface area contributed by atoms with Gasteiger partial charge in [0.25, 0.3) is 0 Å². The van der Waals surface area contributed by atoms with E-state index in [1.807, 2.05) is 54.6 Å². The van der Waals surface area contributed by atoms with Gasteiger partial charge >= 0.3 is 6.09 Å². The van der Waals surface area contributed by atoms with Crippen LogP contribution in [0.4, 0.5) is 10.5 Å². The van der Waals surface area contributed by atoms with E-state index >= 15 is 0 Å². The molecule has 106 valence electrons. The third-order valence-corrected chi connectivity index (χ3v) is 4.28. The van der Waals surface area contributed by atoms with E-state index in [0.717, 1.165) is 21.9 Å². The lowest BCUT2D eigenvalue weighted by Crippen LogP contribution is -2.39. The van der Waals surface area contributed by atoms with Crippen molar-refractivity contribution in [3.63, 3.8) is 0 Å². The Morgan fingerprint density at radius 2 is 1.86 bits per heavy atom. The summed E-state index contributed by atoms with van der Waals surface area (Å²) >= 11 is 1.56. The fourth-order valence-electron chi connectivity index (χ4n) is 2.11. The number of hydrogen-bond donors (Lipinski definition) is 1. The summed E-state index contributed by atoms with van der Waals surface area (Å²) in [6.07, 6.45) is -0.462. The van der Waals surface area contributed by atoms with E-state index < -0.39 is 6.09 Å². The molecule has 0 bridgehead atoms. The number of alkyl carbamates (subject to hydrolysis) is 1. The normalized spacial score (nSPS) is 16.6. The van der Waals surface area contributed by atoms with Crippen LogP contribution in [0.15, 0.2) is 64.5 Å². The molecule has 1 N–H and O–H groups in total. The van der Waals surface area contributed by atoms with E-state index in [-0.39, 0.29) is 5.37 Å². The zero-order valence-corrected chi connectivity index (χ0v) is 12.3. The molecule has 0 aromatic heterocycles. The first-order valence-corrected chi connectivity index (χ1v) is 7.40. The van der Waals surface area contributed by atoms with Gasteiger partial charge in [0.2, 0.25) is 0 Å². The number of nitrogens with zero attached hydrogens (tertiary/aromatic N) is 1. The summed E-state index contributed by atoms with van der Waals surface area (Å²) < 4.78 is 4.71. The molecular formula is C16H14N2O2S. The lowest BCUT2D eigenvalue weighted by Gasteiger charge is -2.24. The van der Waals surface area contributed by atoms with Crippen molar-refractivity contribution in [2.75, 3.05) is 7.11 Å². The minimum Gasteiger partial charge on any atom is -0.453 e. The summed E-state index contributed by atoms with van der Waals surface area (Å²) in [6, 6.07) is 17.7. The minimum absolute atomic E-state index is 0.269. The first kappa shape index (κ1) is 13.7. The van der Waals surface area contributed by atoms with Crippen molar-refractivity contribution in [1.29, 1.82) is 0 Å². The number of carbonyl (C=O) groups excluding carboxylic acids is 1. The summed E-state index contributed by atoms with van der Waals surface area (Å²) in [6.45, 7) is 0. The van der Waals surface area contributed by atoms with Crippen LogP contribution in [0.1, 0.15) is 5.56 Å². The second-order valence-electron chi connectivity index (χ2n) is 4.46. The van der Waals surface area contributed by atoms with Crippen LogP contribution in [0.5, 0.6) is 0 Å². The summed E-state index contributed by atoms with van der Waals surface area (Å²) in [7, 11) is 1.36. The largest absolute Gasteiger partial charge is 0.453 e. The van der Waals surface area contributed by atoms with E-state index in [4.69, 9.17) is 9.73 Å². The highest BCUT2D eigenvalue weighted by molar-refractivity contribution is 8.00.